The first-order valence-corrected chi connectivity index (χ1v) is 11.6. The van der Waals surface area contributed by atoms with E-state index < -0.39 is 5.91 Å². The zero-order valence-electron chi connectivity index (χ0n) is 19.4. The van der Waals surface area contributed by atoms with Crippen molar-refractivity contribution in [3.8, 4) is 17.6 Å². The van der Waals surface area contributed by atoms with Crippen LogP contribution in [-0.2, 0) is 18.0 Å². The highest BCUT2D eigenvalue weighted by atomic mass is 35.5. The van der Waals surface area contributed by atoms with Crippen LogP contribution >= 0.6 is 11.6 Å². The van der Waals surface area contributed by atoms with E-state index in [1.165, 1.54) is 6.08 Å². The van der Waals surface area contributed by atoms with Crippen LogP contribution in [-0.4, -0.2) is 5.91 Å². The fraction of sp³-hybridized carbons (Fsp3) is 0.0667. The Kier molecular flexibility index (Phi) is 8.37. The van der Waals surface area contributed by atoms with Crippen LogP contribution in [0.2, 0.25) is 5.02 Å². The van der Waals surface area contributed by atoms with Gasteiger partial charge in [-0.25, -0.2) is 0 Å². The molecule has 0 bridgehead atoms. The molecule has 0 aliphatic heterocycles. The summed E-state index contributed by atoms with van der Waals surface area (Å²) in [5, 5.41) is 12.9. The molecule has 0 radical (unpaired) electrons. The van der Waals surface area contributed by atoms with Crippen molar-refractivity contribution in [2.24, 2.45) is 0 Å². The van der Waals surface area contributed by atoms with E-state index >= 15 is 0 Å². The first-order chi connectivity index (χ1) is 17.6. The number of carbonyl (C=O) groups is 1. The number of anilines is 1. The van der Waals surface area contributed by atoms with Gasteiger partial charge in [-0.2, -0.15) is 5.26 Å². The second kappa shape index (κ2) is 12.3. The van der Waals surface area contributed by atoms with Crippen LogP contribution in [0.5, 0.6) is 11.5 Å². The third-order valence-corrected chi connectivity index (χ3v) is 5.49. The first kappa shape index (κ1) is 24.6. The van der Waals surface area contributed by atoms with Crippen molar-refractivity contribution in [2.45, 2.75) is 13.2 Å². The van der Waals surface area contributed by atoms with Gasteiger partial charge in [-0.1, -0.05) is 66.2 Å². The van der Waals surface area contributed by atoms with Crippen molar-refractivity contribution < 1.29 is 14.3 Å². The first-order valence-electron chi connectivity index (χ1n) is 11.3. The molecule has 0 atom stereocenters. The highest BCUT2D eigenvalue weighted by Gasteiger charge is 2.10. The van der Waals surface area contributed by atoms with Gasteiger partial charge in [0.2, 0.25) is 0 Å². The molecule has 6 heteroatoms. The molecule has 0 unspecified atom stereocenters. The number of carbonyl (C=O) groups excluding carboxylic acids is 1. The summed E-state index contributed by atoms with van der Waals surface area (Å²) in [5.41, 5.74) is 3.35. The Balaban J connectivity index is 1.31. The van der Waals surface area contributed by atoms with Crippen molar-refractivity contribution in [1.29, 1.82) is 5.26 Å². The van der Waals surface area contributed by atoms with E-state index in [1.54, 1.807) is 48.5 Å². The highest BCUT2D eigenvalue weighted by molar-refractivity contribution is 6.30. The molecule has 1 amide bonds. The van der Waals surface area contributed by atoms with Crippen LogP contribution in [0, 0.1) is 11.3 Å². The minimum Gasteiger partial charge on any atom is -0.489 e. The molecular formula is C30H23ClN2O3. The molecule has 5 nitrogen and oxygen atoms in total. The summed E-state index contributed by atoms with van der Waals surface area (Å²) >= 11 is 5.90. The summed E-state index contributed by atoms with van der Waals surface area (Å²) in [7, 11) is 0. The minimum atomic E-state index is -0.487. The summed E-state index contributed by atoms with van der Waals surface area (Å²) in [5.74, 6) is 0.879. The Bertz CT molecular complexity index is 1360. The molecule has 4 aromatic rings. The summed E-state index contributed by atoms with van der Waals surface area (Å²) in [6, 6.07) is 33.5. The van der Waals surface area contributed by atoms with E-state index in [2.05, 4.69) is 5.32 Å². The molecule has 0 aliphatic carbocycles. The fourth-order valence-corrected chi connectivity index (χ4v) is 3.42. The van der Waals surface area contributed by atoms with Crippen molar-refractivity contribution in [2.75, 3.05) is 5.32 Å². The Morgan fingerprint density at radius 2 is 1.33 bits per heavy atom. The van der Waals surface area contributed by atoms with E-state index in [0.717, 1.165) is 11.1 Å². The number of halogens is 1. The van der Waals surface area contributed by atoms with E-state index in [1.807, 2.05) is 60.7 Å². The van der Waals surface area contributed by atoms with Crippen LogP contribution < -0.4 is 14.8 Å². The largest absolute Gasteiger partial charge is 0.489 e. The third kappa shape index (κ3) is 7.23. The van der Waals surface area contributed by atoms with Gasteiger partial charge < -0.3 is 14.8 Å². The van der Waals surface area contributed by atoms with Crippen LogP contribution in [0.1, 0.15) is 16.7 Å². The summed E-state index contributed by atoms with van der Waals surface area (Å²) in [6.07, 6.45) is 1.54. The molecule has 0 saturated heterocycles. The average molecular weight is 495 g/mol. The van der Waals surface area contributed by atoms with Crippen molar-refractivity contribution in [3.63, 3.8) is 0 Å². The second-order valence-electron chi connectivity index (χ2n) is 7.91. The molecule has 0 aliphatic rings. The fourth-order valence-electron chi connectivity index (χ4n) is 3.30. The molecule has 0 saturated carbocycles. The number of amides is 1. The Labute approximate surface area is 215 Å². The molecule has 178 valence electrons. The normalized spacial score (nSPS) is 10.8. The Morgan fingerprint density at radius 3 is 1.92 bits per heavy atom. The molecule has 0 fully saturated rings. The van der Waals surface area contributed by atoms with Gasteiger partial charge in [0.1, 0.15) is 36.4 Å². The number of hydrogen-bond acceptors (Lipinski definition) is 4. The van der Waals surface area contributed by atoms with Gasteiger partial charge in [-0.05, 0) is 71.3 Å². The van der Waals surface area contributed by atoms with Crippen LogP contribution in [0.3, 0.4) is 0 Å². The van der Waals surface area contributed by atoms with Crippen LogP contribution in [0.25, 0.3) is 6.08 Å². The van der Waals surface area contributed by atoms with Crippen LogP contribution in [0.15, 0.2) is 109 Å². The second-order valence-corrected chi connectivity index (χ2v) is 8.34. The van der Waals surface area contributed by atoms with Gasteiger partial charge in [0.05, 0.1) is 0 Å². The van der Waals surface area contributed by atoms with E-state index in [-0.39, 0.29) is 5.57 Å². The highest BCUT2D eigenvalue weighted by Crippen LogP contribution is 2.20. The van der Waals surface area contributed by atoms with Crippen LogP contribution in [0.4, 0.5) is 5.69 Å². The van der Waals surface area contributed by atoms with Crippen molar-refractivity contribution in [1.82, 2.24) is 0 Å². The maximum atomic E-state index is 12.6. The van der Waals surface area contributed by atoms with E-state index in [9.17, 15) is 10.1 Å². The lowest BCUT2D eigenvalue weighted by molar-refractivity contribution is -0.112. The molecule has 4 aromatic carbocycles. The van der Waals surface area contributed by atoms with Gasteiger partial charge in [0, 0.05) is 10.7 Å². The average Bonchev–Trinajstić information content (AvgIpc) is 2.92. The molecule has 1 N–H and O–H groups in total. The Morgan fingerprint density at radius 1 is 0.778 bits per heavy atom. The maximum Gasteiger partial charge on any atom is 0.266 e. The van der Waals surface area contributed by atoms with Gasteiger partial charge in [-0.3, -0.25) is 4.79 Å². The zero-order valence-corrected chi connectivity index (χ0v) is 20.1. The molecule has 0 aromatic heterocycles. The summed E-state index contributed by atoms with van der Waals surface area (Å²) < 4.78 is 11.5. The number of nitrogens with zero attached hydrogens (tertiary/aromatic N) is 1. The lowest BCUT2D eigenvalue weighted by atomic mass is 10.1. The minimum absolute atomic E-state index is 0.00534. The van der Waals surface area contributed by atoms with Gasteiger partial charge in [0.15, 0.2) is 0 Å². The maximum absolute atomic E-state index is 12.6. The molecule has 0 heterocycles. The number of nitrogens with one attached hydrogen (secondary N) is 1. The lowest BCUT2D eigenvalue weighted by Crippen LogP contribution is -2.13. The predicted molar refractivity (Wildman–Crippen MR) is 142 cm³/mol. The SMILES string of the molecule is N#C/C(=C\c1ccc(OCc2ccc(Cl)cc2)cc1)C(=O)Nc1ccc(OCc2ccccc2)cc1. The third-order valence-electron chi connectivity index (χ3n) is 5.24. The van der Waals surface area contributed by atoms with Gasteiger partial charge in [0.25, 0.3) is 5.91 Å². The van der Waals surface area contributed by atoms with E-state index in [0.29, 0.717) is 41.0 Å². The monoisotopic (exact) mass is 494 g/mol. The Hall–Kier alpha value is -4.53. The quantitative estimate of drug-likeness (QED) is 0.200. The number of benzene rings is 4. The number of nitriles is 1. The lowest BCUT2D eigenvalue weighted by Gasteiger charge is -2.09. The number of ether oxygens (including phenoxy) is 2. The summed E-state index contributed by atoms with van der Waals surface area (Å²) in [4.78, 5) is 12.6. The molecule has 36 heavy (non-hydrogen) atoms. The molecule has 0 spiro atoms. The predicted octanol–water partition coefficient (Wildman–Crippen LogP) is 7.04. The van der Waals surface area contributed by atoms with Crippen molar-refractivity contribution >= 4 is 29.3 Å². The topological polar surface area (TPSA) is 71.3 Å². The number of rotatable bonds is 9. The van der Waals surface area contributed by atoms with E-state index in [4.69, 9.17) is 21.1 Å². The molecule has 4 rings (SSSR count). The summed E-state index contributed by atoms with van der Waals surface area (Å²) in [6.45, 7) is 0.868. The number of hydrogen-bond donors (Lipinski definition) is 1. The van der Waals surface area contributed by atoms with Gasteiger partial charge >= 0.3 is 0 Å². The zero-order chi connectivity index (χ0) is 25.2. The smallest absolute Gasteiger partial charge is 0.266 e. The molecular weight excluding hydrogens is 472 g/mol. The van der Waals surface area contributed by atoms with Gasteiger partial charge in [-0.15, -0.1) is 0 Å². The standard InChI is InChI=1S/C30H23ClN2O3/c31-26-10-6-24(7-11-26)21-36-28-14-8-22(9-15-28)18-25(19-32)30(34)33-27-12-16-29(17-13-27)35-20-23-4-2-1-3-5-23/h1-18H,20-21H2,(H,33,34)/b25-18+. The van der Waals surface area contributed by atoms with Crippen molar-refractivity contribution in [3.05, 3.63) is 130 Å².